The second-order valence-corrected chi connectivity index (χ2v) is 4.50. The molecule has 0 radical (unpaired) electrons. The van der Waals surface area contributed by atoms with Crippen molar-refractivity contribution < 1.29 is 13.9 Å². The summed E-state index contributed by atoms with van der Waals surface area (Å²) in [6.45, 7) is 0.0393. The van der Waals surface area contributed by atoms with E-state index in [2.05, 4.69) is 0 Å². The van der Waals surface area contributed by atoms with Crippen LogP contribution in [-0.2, 0) is 0 Å². The molecule has 6 heteroatoms. The van der Waals surface area contributed by atoms with E-state index in [0.29, 0.717) is 12.8 Å². The number of nitrogens with zero attached hydrogens (tertiary/aromatic N) is 1. The van der Waals surface area contributed by atoms with Crippen LogP contribution in [0.3, 0.4) is 0 Å². The van der Waals surface area contributed by atoms with Gasteiger partial charge in [0.05, 0.1) is 17.8 Å². The van der Waals surface area contributed by atoms with E-state index in [9.17, 15) is 13.9 Å². The fourth-order valence-electron chi connectivity index (χ4n) is 1.99. The van der Waals surface area contributed by atoms with Crippen LogP contribution in [0.15, 0.2) is 12.1 Å². The molecule has 17 heavy (non-hydrogen) atoms. The van der Waals surface area contributed by atoms with Crippen molar-refractivity contribution in [2.24, 2.45) is 5.84 Å². The third kappa shape index (κ3) is 2.18. The molecular formula is C11H15F2N3O. The van der Waals surface area contributed by atoms with Gasteiger partial charge in [-0.3, -0.25) is 0 Å². The highest BCUT2D eigenvalue weighted by atomic mass is 19.2. The topological polar surface area (TPSA) is 75.5 Å². The van der Waals surface area contributed by atoms with Gasteiger partial charge in [-0.05, 0) is 31.4 Å². The molecule has 0 saturated heterocycles. The SMILES string of the molecule is Nc1ccc(F)c(F)c1N(N)CC1(O)CCC1. The Labute approximate surface area is 97.8 Å². The van der Waals surface area contributed by atoms with Crippen LogP contribution in [-0.4, -0.2) is 17.3 Å². The van der Waals surface area contributed by atoms with Crippen molar-refractivity contribution in [2.45, 2.75) is 24.9 Å². The Morgan fingerprint density at radius 1 is 1.35 bits per heavy atom. The summed E-state index contributed by atoms with van der Waals surface area (Å²) in [5.41, 5.74) is 4.49. The molecule has 1 aromatic rings. The second kappa shape index (κ2) is 4.12. The zero-order chi connectivity index (χ0) is 12.6. The van der Waals surface area contributed by atoms with Gasteiger partial charge in [0.2, 0.25) is 0 Å². The summed E-state index contributed by atoms with van der Waals surface area (Å²) in [6.07, 6.45) is 2.13. The maximum absolute atomic E-state index is 13.6. The Balaban J connectivity index is 2.24. The first-order valence-electron chi connectivity index (χ1n) is 5.41. The van der Waals surface area contributed by atoms with E-state index >= 15 is 0 Å². The average Bonchev–Trinajstić information content (AvgIpc) is 2.22. The lowest BCUT2D eigenvalue weighted by molar-refractivity contribution is -0.0256. The zero-order valence-corrected chi connectivity index (χ0v) is 9.29. The van der Waals surface area contributed by atoms with E-state index in [1.165, 1.54) is 6.07 Å². The van der Waals surface area contributed by atoms with Gasteiger partial charge in [0, 0.05) is 0 Å². The van der Waals surface area contributed by atoms with Gasteiger partial charge in [0.1, 0.15) is 5.69 Å². The molecule has 1 aliphatic rings. The number of halogens is 2. The van der Waals surface area contributed by atoms with E-state index < -0.39 is 17.2 Å². The summed E-state index contributed by atoms with van der Waals surface area (Å²) in [5.74, 6) is 3.55. The highest BCUT2D eigenvalue weighted by Crippen LogP contribution is 2.34. The molecule has 0 unspecified atom stereocenters. The number of hydrogen-bond acceptors (Lipinski definition) is 4. The molecule has 2 rings (SSSR count). The monoisotopic (exact) mass is 243 g/mol. The van der Waals surface area contributed by atoms with Gasteiger partial charge in [-0.15, -0.1) is 0 Å². The van der Waals surface area contributed by atoms with Crippen molar-refractivity contribution >= 4 is 11.4 Å². The Kier molecular flexibility index (Phi) is 2.92. The normalized spacial score (nSPS) is 17.6. The summed E-state index contributed by atoms with van der Waals surface area (Å²) in [6, 6.07) is 2.19. The number of hydrazine groups is 1. The minimum atomic E-state index is -1.09. The smallest absolute Gasteiger partial charge is 0.185 e. The predicted molar refractivity (Wildman–Crippen MR) is 61.1 cm³/mol. The van der Waals surface area contributed by atoms with Crippen LogP contribution >= 0.6 is 0 Å². The first kappa shape index (κ1) is 12.1. The zero-order valence-electron chi connectivity index (χ0n) is 9.29. The molecule has 0 spiro atoms. The lowest BCUT2D eigenvalue weighted by Crippen LogP contribution is -2.51. The van der Waals surface area contributed by atoms with E-state index in [-0.39, 0.29) is 17.9 Å². The fraction of sp³-hybridized carbons (Fsp3) is 0.455. The van der Waals surface area contributed by atoms with Crippen molar-refractivity contribution in [1.82, 2.24) is 0 Å². The Morgan fingerprint density at radius 2 is 2.00 bits per heavy atom. The molecular weight excluding hydrogens is 228 g/mol. The molecule has 5 N–H and O–H groups in total. The van der Waals surface area contributed by atoms with Gasteiger partial charge in [0.15, 0.2) is 11.6 Å². The number of rotatable bonds is 3. The summed E-state index contributed by atoms with van der Waals surface area (Å²) in [7, 11) is 0. The third-order valence-electron chi connectivity index (χ3n) is 3.14. The van der Waals surface area contributed by atoms with E-state index in [1.54, 1.807) is 0 Å². The fourth-order valence-corrected chi connectivity index (χ4v) is 1.99. The largest absolute Gasteiger partial charge is 0.397 e. The van der Waals surface area contributed by atoms with Crippen molar-refractivity contribution in [2.75, 3.05) is 17.3 Å². The molecule has 0 aliphatic heterocycles. The number of aliphatic hydroxyl groups is 1. The quantitative estimate of drug-likeness (QED) is 0.423. The van der Waals surface area contributed by atoms with Gasteiger partial charge >= 0.3 is 0 Å². The summed E-state index contributed by atoms with van der Waals surface area (Å²) in [5, 5.41) is 10.9. The number of nitrogens with two attached hydrogens (primary N) is 2. The van der Waals surface area contributed by atoms with Crippen LogP contribution in [0.4, 0.5) is 20.2 Å². The van der Waals surface area contributed by atoms with Crippen molar-refractivity contribution in [3.63, 3.8) is 0 Å². The maximum Gasteiger partial charge on any atom is 0.185 e. The molecule has 94 valence electrons. The van der Waals surface area contributed by atoms with Crippen molar-refractivity contribution in [3.8, 4) is 0 Å². The summed E-state index contributed by atoms with van der Waals surface area (Å²) in [4.78, 5) is 0. The van der Waals surface area contributed by atoms with Gasteiger partial charge in [-0.25, -0.2) is 14.6 Å². The number of benzene rings is 1. The maximum atomic E-state index is 13.6. The molecule has 4 nitrogen and oxygen atoms in total. The minimum absolute atomic E-state index is 0.0393. The first-order valence-corrected chi connectivity index (χ1v) is 5.41. The highest BCUT2D eigenvalue weighted by molar-refractivity contribution is 5.67. The molecule has 1 saturated carbocycles. The van der Waals surface area contributed by atoms with Gasteiger partial charge in [0.25, 0.3) is 0 Å². The number of anilines is 2. The summed E-state index contributed by atoms with van der Waals surface area (Å²) >= 11 is 0. The van der Waals surface area contributed by atoms with Gasteiger partial charge < -0.3 is 15.8 Å². The number of nitrogen functional groups attached to an aromatic ring is 1. The molecule has 0 atom stereocenters. The molecule has 1 aliphatic carbocycles. The van der Waals surface area contributed by atoms with Crippen molar-refractivity contribution in [1.29, 1.82) is 0 Å². The predicted octanol–water partition coefficient (Wildman–Crippen LogP) is 1.14. The van der Waals surface area contributed by atoms with Crippen LogP contribution in [0.1, 0.15) is 19.3 Å². The molecule has 0 amide bonds. The van der Waals surface area contributed by atoms with Crippen LogP contribution in [0, 0.1) is 11.6 Å². The van der Waals surface area contributed by atoms with Crippen LogP contribution in [0.2, 0.25) is 0 Å². The lowest BCUT2D eigenvalue weighted by atomic mass is 9.80. The van der Waals surface area contributed by atoms with E-state index in [4.69, 9.17) is 11.6 Å². The van der Waals surface area contributed by atoms with Gasteiger partial charge in [-0.2, -0.15) is 0 Å². The standard InChI is InChI=1S/C11H15F2N3O/c12-7-2-3-8(14)10(9(7)13)16(15)6-11(17)4-1-5-11/h2-3,17H,1,4-6,14-15H2. The third-order valence-corrected chi connectivity index (χ3v) is 3.14. The highest BCUT2D eigenvalue weighted by Gasteiger charge is 2.36. The molecule has 1 aromatic carbocycles. The lowest BCUT2D eigenvalue weighted by Gasteiger charge is -2.39. The Hall–Kier alpha value is -1.40. The Morgan fingerprint density at radius 3 is 2.53 bits per heavy atom. The first-order chi connectivity index (χ1) is 7.93. The van der Waals surface area contributed by atoms with E-state index in [0.717, 1.165) is 17.5 Å². The minimum Gasteiger partial charge on any atom is -0.397 e. The molecule has 0 aromatic heterocycles. The van der Waals surface area contributed by atoms with Crippen LogP contribution in [0.5, 0.6) is 0 Å². The van der Waals surface area contributed by atoms with Crippen LogP contribution < -0.4 is 16.6 Å². The van der Waals surface area contributed by atoms with Gasteiger partial charge in [-0.1, -0.05) is 0 Å². The van der Waals surface area contributed by atoms with Crippen molar-refractivity contribution in [3.05, 3.63) is 23.8 Å². The average molecular weight is 243 g/mol. The number of hydrogen-bond donors (Lipinski definition) is 3. The van der Waals surface area contributed by atoms with Crippen LogP contribution in [0.25, 0.3) is 0 Å². The molecule has 1 fully saturated rings. The second-order valence-electron chi connectivity index (χ2n) is 4.50. The molecule has 0 heterocycles. The summed E-state index contributed by atoms with van der Waals surface area (Å²) < 4.78 is 26.6. The Bertz CT molecular complexity index is 435. The van der Waals surface area contributed by atoms with E-state index in [1.807, 2.05) is 0 Å². The molecule has 0 bridgehead atoms.